The fourth-order valence-corrected chi connectivity index (χ4v) is 3.02. The lowest BCUT2D eigenvalue weighted by Crippen LogP contribution is -2.39. The quantitative estimate of drug-likeness (QED) is 0.833. The molecular formula is C13H17N7. The fraction of sp³-hybridized carbons (Fsp3) is 0.538. The van der Waals surface area contributed by atoms with Crippen molar-refractivity contribution in [3.63, 3.8) is 0 Å². The summed E-state index contributed by atoms with van der Waals surface area (Å²) in [5.41, 5.74) is 6.67. The van der Waals surface area contributed by atoms with Gasteiger partial charge in [0.25, 0.3) is 0 Å². The minimum absolute atomic E-state index is 0.292. The maximum Gasteiger partial charge on any atom is 0.232 e. The summed E-state index contributed by atoms with van der Waals surface area (Å²) in [5.74, 6) is 2.16. The molecule has 0 aliphatic carbocycles. The van der Waals surface area contributed by atoms with E-state index in [1.165, 1.54) is 12.6 Å². The summed E-state index contributed by atoms with van der Waals surface area (Å²) in [6.07, 6.45) is 2.67. The minimum Gasteiger partial charge on any atom is -0.381 e. The SMILES string of the molecule is CC1CC(C)CN(c2nnc3c(N)ncc(C#N)n23)C1. The first-order valence-corrected chi connectivity index (χ1v) is 6.74. The minimum atomic E-state index is 0.292. The number of piperidine rings is 1. The molecule has 2 N–H and O–H groups in total. The molecule has 1 aliphatic heterocycles. The van der Waals surface area contributed by atoms with E-state index < -0.39 is 0 Å². The smallest absolute Gasteiger partial charge is 0.232 e. The first kappa shape index (κ1) is 12.7. The Morgan fingerprint density at radius 2 is 2.00 bits per heavy atom. The van der Waals surface area contributed by atoms with Crippen molar-refractivity contribution in [2.45, 2.75) is 20.3 Å². The molecule has 0 saturated carbocycles. The van der Waals surface area contributed by atoms with Crippen molar-refractivity contribution in [3.8, 4) is 6.07 Å². The Hall–Kier alpha value is -2.36. The van der Waals surface area contributed by atoms with Crippen LogP contribution in [0.1, 0.15) is 26.0 Å². The van der Waals surface area contributed by atoms with Gasteiger partial charge in [-0.1, -0.05) is 13.8 Å². The summed E-state index contributed by atoms with van der Waals surface area (Å²) >= 11 is 0. The highest BCUT2D eigenvalue weighted by Crippen LogP contribution is 2.26. The zero-order chi connectivity index (χ0) is 14.3. The number of anilines is 2. The fourth-order valence-electron chi connectivity index (χ4n) is 3.02. The monoisotopic (exact) mass is 271 g/mol. The lowest BCUT2D eigenvalue weighted by atomic mass is 9.92. The summed E-state index contributed by atoms with van der Waals surface area (Å²) < 4.78 is 1.70. The van der Waals surface area contributed by atoms with Gasteiger partial charge in [0.1, 0.15) is 11.8 Å². The van der Waals surface area contributed by atoms with E-state index in [0.29, 0.717) is 34.9 Å². The lowest BCUT2D eigenvalue weighted by molar-refractivity contribution is 0.353. The van der Waals surface area contributed by atoms with Gasteiger partial charge in [0.05, 0.1) is 6.20 Å². The van der Waals surface area contributed by atoms with Crippen LogP contribution in [-0.4, -0.2) is 32.7 Å². The van der Waals surface area contributed by atoms with E-state index in [1.807, 2.05) is 0 Å². The molecule has 0 aromatic carbocycles. The number of nitrogens with two attached hydrogens (primary N) is 1. The van der Waals surface area contributed by atoms with Crippen LogP contribution in [0.3, 0.4) is 0 Å². The number of nitrogens with zero attached hydrogens (tertiary/aromatic N) is 6. The van der Waals surface area contributed by atoms with Gasteiger partial charge in [-0.2, -0.15) is 5.26 Å². The number of nitrogen functional groups attached to an aromatic ring is 1. The van der Waals surface area contributed by atoms with Crippen molar-refractivity contribution in [1.29, 1.82) is 5.26 Å². The van der Waals surface area contributed by atoms with Gasteiger partial charge in [0.2, 0.25) is 11.6 Å². The second-order valence-corrected chi connectivity index (χ2v) is 5.65. The third-order valence-electron chi connectivity index (χ3n) is 3.71. The molecule has 2 aromatic heterocycles. The molecule has 2 unspecified atom stereocenters. The molecule has 0 radical (unpaired) electrons. The van der Waals surface area contributed by atoms with Gasteiger partial charge in [-0.05, 0) is 18.3 Å². The molecule has 1 fully saturated rings. The second-order valence-electron chi connectivity index (χ2n) is 5.65. The Bertz CT molecular complexity index is 674. The van der Waals surface area contributed by atoms with Gasteiger partial charge in [0.15, 0.2) is 5.82 Å². The standard InChI is InChI=1S/C13H17N7/c1-8-3-9(2)7-19(6-8)13-18-17-12-11(15)16-5-10(4-14)20(12)13/h5,8-9H,3,6-7H2,1-2H3,(H2,15,16). The molecule has 1 saturated heterocycles. The average Bonchev–Trinajstić information content (AvgIpc) is 2.84. The number of hydrogen-bond donors (Lipinski definition) is 1. The van der Waals surface area contributed by atoms with Gasteiger partial charge in [-0.15, -0.1) is 10.2 Å². The van der Waals surface area contributed by atoms with Crippen molar-refractivity contribution in [2.75, 3.05) is 23.7 Å². The molecule has 3 heterocycles. The summed E-state index contributed by atoms with van der Waals surface area (Å²) in [6.45, 7) is 6.29. The summed E-state index contributed by atoms with van der Waals surface area (Å²) in [6, 6.07) is 2.12. The summed E-state index contributed by atoms with van der Waals surface area (Å²) in [5, 5.41) is 17.6. The zero-order valence-electron chi connectivity index (χ0n) is 11.6. The highest BCUT2D eigenvalue weighted by molar-refractivity contribution is 5.63. The Kier molecular flexibility index (Phi) is 2.93. The maximum absolute atomic E-state index is 9.25. The van der Waals surface area contributed by atoms with Crippen LogP contribution in [0.2, 0.25) is 0 Å². The largest absolute Gasteiger partial charge is 0.381 e. The molecule has 104 valence electrons. The van der Waals surface area contributed by atoms with Crippen LogP contribution in [0.4, 0.5) is 11.8 Å². The van der Waals surface area contributed by atoms with Gasteiger partial charge in [-0.3, -0.25) is 0 Å². The van der Waals surface area contributed by atoms with Crippen LogP contribution in [0.5, 0.6) is 0 Å². The molecule has 1 aliphatic rings. The van der Waals surface area contributed by atoms with Crippen LogP contribution in [0.25, 0.3) is 5.65 Å². The van der Waals surface area contributed by atoms with E-state index >= 15 is 0 Å². The van der Waals surface area contributed by atoms with Crippen molar-refractivity contribution < 1.29 is 0 Å². The van der Waals surface area contributed by atoms with Crippen LogP contribution in [-0.2, 0) is 0 Å². The molecule has 0 spiro atoms. The van der Waals surface area contributed by atoms with E-state index in [2.05, 4.69) is 40.0 Å². The molecule has 7 heteroatoms. The summed E-state index contributed by atoms with van der Waals surface area (Å²) in [4.78, 5) is 6.16. The van der Waals surface area contributed by atoms with Crippen molar-refractivity contribution in [1.82, 2.24) is 19.6 Å². The number of fused-ring (bicyclic) bond motifs is 1. The Morgan fingerprint density at radius 3 is 2.65 bits per heavy atom. The predicted octanol–water partition coefficient (Wildman–Crippen LogP) is 1.06. The van der Waals surface area contributed by atoms with Crippen LogP contribution >= 0.6 is 0 Å². The Morgan fingerprint density at radius 1 is 1.30 bits per heavy atom. The van der Waals surface area contributed by atoms with Crippen molar-refractivity contribution in [3.05, 3.63) is 11.9 Å². The predicted molar refractivity (Wildman–Crippen MR) is 75.1 cm³/mol. The van der Waals surface area contributed by atoms with E-state index in [4.69, 9.17) is 5.73 Å². The maximum atomic E-state index is 9.25. The average molecular weight is 271 g/mol. The topological polar surface area (TPSA) is 96.1 Å². The molecule has 7 nitrogen and oxygen atoms in total. The molecular weight excluding hydrogens is 254 g/mol. The molecule has 0 bridgehead atoms. The van der Waals surface area contributed by atoms with E-state index in [0.717, 1.165) is 13.1 Å². The second kappa shape index (κ2) is 4.63. The van der Waals surface area contributed by atoms with Crippen molar-refractivity contribution >= 4 is 17.4 Å². The zero-order valence-corrected chi connectivity index (χ0v) is 11.6. The third kappa shape index (κ3) is 1.93. The number of aromatic nitrogens is 4. The molecule has 0 amide bonds. The highest BCUT2D eigenvalue weighted by Gasteiger charge is 2.26. The van der Waals surface area contributed by atoms with E-state index in [1.54, 1.807) is 4.40 Å². The van der Waals surface area contributed by atoms with Crippen LogP contribution in [0, 0.1) is 23.2 Å². The van der Waals surface area contributed by atoms with Crippen LogP contribution < -0.4 is 10.6 Å². The molecule has 3 rings (SSSR count). The summed E-state index contributed by atoms with van der Waals surface area (Å²) in [7, 11) is 0. The highest BCUT2D eigenvalue weighted by atomic mass is 15.4. The van der Waals surface area contributed by atoms with E-state index in [9.17, 15) is 5.26 Å². The van der Waals surface area contributed by atoms with Crippen molar-refractivity contribution in [2.24, 2.45) is 11.8 Å². The number of nitriles is 1. The van der Waals surface area contributed by atoms with Crippen LogP contribution in [0.15, 0.2) is 6.20 Å². The first-order chi connectivity index (χ1) is 9.60. The molecule has 2 atom stereocenters. The lowest BCUT2D eigenvalue weighted by Gasteiger charge is -2.34. The van der Waals surface area contributed by atoms with E-state index in [-0.39, 0.29) is 0 Å². The van der Waals surface area contributed by atoms with Gasteiger partial charge >= 0.3 is 0 Å². The number of rotatable bonds is 1. The third-order valence-corrected chi connectivity index (χ3v) is 3.71. The molecule has 20 heavy (non-hydrogen) atoms. The Balaban J connectivity index is 2.13. The molecule has 2 aromatic rings. The first-order valence-electron chi connectivity index (χ1n) is 6.74. The Labute approximate surface area is 117 Å². The van der Waals surface area contributed by atoms with Gasteiger partial charge in [-0.25, -0.2) is 9.38 Å². The van der Waals surface area contributed by atoms with Gasteiger partial charge < -0.3 is 10.6 Å². The number of hydrogen-bond acceptors (Lipinski definition) is 6. The normalized spacial score (nSPS) is 22.9. The van der Waals surface area contributed by atoms with Gasteiger partial charge in [0, 0.05) is 13.1 Å².